The van der Waals surface area contributed by atoms with Crippen LogP contribution >= 0.6 is 12.2 Å². The fourth-order valence-corrected chi connectivity index (χ4v) is 1.27. The van der Waals surface area contributed by atoms with Crippen molar-refractivity contribution in [3.8, 4) is 0 Å². The van der Waals surface area contributed by atoms with Gasteiger partial charge < -0.3 is 9.47 Å². The third kappa shape index (κ3) is 4.78. The van der Waals surface area contributed by atoms with E-state index in [0.29, 0.717) is 10.6 Å². The number of hydrogen-bond acceptors (Lipinski definition) is 4. The van der Waals surface area contributed by atoms with Gasteiger partial charge in [0.2, 0.25) is 0 Å². The Morgan fingerprint density at radius 2 is 1.82 bits per heavy atom. The highest BCUT2D eigenvalue weighted by atomic mass is 32.1. The summed E-state index contributed by atoms with van der Waals surface area (Å²) in [4.78, 5) is 11.0. The van der Waals surface area contributed by atoms with E-state index in [4.69, 9.17) is 21.7 Å². The zero-order chi connectivity index (χ0) is 12.7. The maximum atomic E-state index is 11.0. The van der Waals surface area contributed by atoms with Crippen LogP contribution in [0.2, 0.25) is 0 Å². The van der Waals surface area contributed by atoms with E-state index in [9.17, 15) is 4.79 Å². The molecular weight excluding hydrogens is 236 g/mol. The Morgan fingerprint density at radius 3 is 2.41 bits per heavy atom. The summed E-state index contributed by atoms with van der Waals surface area (Å²) in [7, 11) is 0. The Hall–Kier alpha value is -1.68. The fraction of sp³-hybridized carbons (Fsp3) is 0.231. The molecule has 3 nitrogen and oxygen atoms in total. The molecule has 0 heterocycles. The van der Waals surface area contributed by atoms with Crippen LogP contribution in [0.5, 0.6) is 0 Å². The molecule has 0 aromatic heterocycles. The summed E-state index contributed by atoms with van der Waals surface area (Å²) in [6.45, 7) is 5.48. The van der Waals surface area contributed by atoms with Gasteiger partial charge in [0, 0.05) is 11.1 Å². The van der Waals surface area contributed by atoms with Gasteiger partial charge >= 0.3 is 5.97 Å². The zero-order valence-corrected chi connectivity index (χ0v) is 10.5. The van der Waals surface area contributed by atoms with Gasteiger partial charge in [0.25, 0.3) is 0 Å². The van der Waals surface area contributed by atoms with Gasteiger partial charge in [-0.05, 0) is 19.1 Å². The summed E-state index contributed by atoms with van der Waals surface area (Å²) < 4.78 is 10.1. The van der Waals surface area contributed by atoms with E-state index in [2.05, 4.69) is 6.58 Å². The second-order valence-electron chi connectivity index (χ2n) is 3.42. The molecule has 0 N–H and O–H groups in total. The lowest BCUT2D eigenvalue weighted by Gasteiger charge is -2.08. The number of thiocarbonyl (C=S) groups is 1. The molecule has 1 aromatic carbocycles. The molecule has 1 rings (SSSR count). The highest BCUT2D eigenvalue weighted by Crippen LogP contribution is 2.02. The Kier molecular flexibility index (Phi) is 5.36. The summed E-state index contributed by atoms with van der Waals surface area (Å²) in [6.07, 6.45) is 0. The molecule has 0 saturated carbocycles. The highest BCUT2D eigenvalue weighted by molar-refractivity contribution is 7.80. The molecule has 0 aliphatic heterocycles. The molecule has 1 aromatic rings. The Balaban J connectivity index is 2.26. The van der Waals surface area contributed by atoms with E-state index < -0.39 is 5.97 Å². The summed E-state index contributed by atoms with van der Waals surface area (Å²) in [5.41, 5.74) is 1.21. The van der Waals surface area contributed by atoms with E-state index >= 15 is 0 Å². The molecule has 0 atom stereocenters. The number of ether oxygens (including phenoxy) is 2. The van der Waals surface area contributed by atoms with Crippen LogP contribution in [0.4, 0.5) is 0 Å². The Labute approximate surface area is 106 Å². The standard InChI is InChI=1S/C13H14O3S/c1-10(2)12(14)15-8-9-16-13(17)11-6-4-3-5-7-11/h3-7H,1,8-9H2,2H3. The molecule has 90 valence electrons. The average molecular weight is 250 g/mol. The zero-order valence-electron chi connectivity index (χ0n) is 9.64. The van der Waals surface area contributed by atoms with Crippen molar-refractivity contribution in [1.82, 2.24) is 0 Å². The van der Waals surface area contributed by atoms with Gasteiger partial charge in [-0.15, -0.1) is 0 Å². The SMILES string of the molecule is C=C(C)C(=O)OCCOC(=S)c1ccccc1. The van der Waals surface area contributed by atoms with Crippen LogP contribution in [0, 0.1) is 0 Å². The molecule has 0 radical (unpaired) electrons. The van der Waals surface area contributed by atoms with Crippen LogP contribution in [0.25, 0.3) is 0 Å². The molecule has 0 saturated heterocycles. The van der Waals surface area contributed by atoms with Gasteiger partial charge in [0.05, 0.1) is 0 Å². The predicted octanol–water partition coefficient (Wildman–Crippen LogP) is 2.50. The third-order valence-corrected chi connectivity index (χ3v) is 2.26. The first-order valence-electron chi connectivity index (χ1n) is 5.16. The number of hydrogen-bond donors (Lipinski definition) is 0. The van der Waals surface area contributed by atoms with Crippen molar-refractivity contribution in [1.29, 1.82) is 0 Å². The quantitative estimate of drug-likeness (QED) is 0.348. The lowest BCUT2D eigenvalue weighted by molar-refractivity contribution is -0.139. The third-order valence-electron chi connectivity index (χ3n) is 1.91. The maximum absolute atomic E-state index is 11.0. The van der Waals surface area contributed by atoms with Gasteiger partial charge in [-0.1, -0.05) is 36.9 Å². The molecule has 0 aliphatic carbocycles. The van der Waals surface area contributed by atoms with Crippen LogP contribution in [0.15, 0.2) is 42.5 Å². The van der Waals surface area contributed by atoms with E-state index in [1.54, 1.807) is 6.92 Å². The first-order valence-corrected chi connectivity index (χ1v) is 5.57. The number of benzene rings is 1. The molecular formula is C13H14O3S. The van der Waals surface area contributed by atoms with Crippen molar-refractivity contribution in [2.75, 3.05) is 13.2 Å². The lowest BCUT2D eigenvalue weighted by atomic mass is 10.2. The lowest BCUT2D eigenvalue weighted by Crippen LogP contribution is -2.13. The van der Waals surface area contributed by atoms with E-state index in [1.807, 2.05) is 30.3 Å². The van der Waals surface area contributed by atoms with Crippen LogP contribution in [-0.2, 0) is 14.3 Å². The number of rotatable bonds is 5. The van der Waals surface area contributed by atoms with Crippen molar-refractivity contribution in [3.05, 3.63) is 48.0 Å². The van der Waals surface area contributed by atoms with Crippen molar-refractivity contribution in [3.63, 3.8) is 0 Å². The number of carbonyl (C=O) groups is 1. The molecule has 0 bridgehead atoms. The Bertz CT molecular complexity index is 412. The minimum atomic E-state index is -0.417. The van der Waals surface area contributed by atoms with Crippen LogP contribution in [0.3, 0.4) is 0 Å². The smallest absolute Gasteiger partial charge is 0.333 e. The molecule has 17 heavy (non-hydrogen) atoms. The summed E-state index contributed by atoms with van der Waals surface area (Å²) in [5.74, 6) is -0.417. The monoisotopic (exact) mass is 250 g/mol. The maximum Gasteiger partial charge on any atom is 0.333 e. The Morgan fingerprint density at radius 1 is 1.24 bits per heavy atom. The first kappa shape index (κ1) is 13.4. The average Bonchev–Trinajstić information content (AvgIpc) is 2.35. The summed E-state index contributed by atoms with van der Waals surface area (Å²) in [5, 5.41) is 0.400. The molecule has 0 unspecified atom stereocenters. The summed E-state index contributed by atoms with van der Waals surface area (Å²) >= 11 is 5.07. The molecule has 4 heteroatoms. The predicted molar refractivity (Wildman–Crippen MR) is 69.9 cm³/mol. The first-order chi connectivity index (χ1) is 8.11. The van der Waals surface area contributed by atoms with Crippen LogP contribution in [-0.4, -0.2) is 24.2 Å². The minimum absolute atomic E-state index is 0.165. The van der Waals surface area contributed by atoms with Crippen molar-refractivity contribution in [2.24, 2.45) is 0 Å². The molecule has 0 amide bonds. The van der Waals surface area contributed by atoms with Crippen LogP contribution < -0.4 is 0 Å². The highest BCUT2D eigenvalue weighted by Gasteiger charge is 2.04. The number of esters is 1. The van der Waals surface area contributed by atoms with Gasteiger partial charge in [0.1, 0.15) is 13.2 Å². The van der Waals surface area contributed by atoms with Gasteiger partial charge in [-0.3, -0.25) is 0 Å². The van der Waals surface area contributed by atoms with E-state index in [1.165, 1.54) is 0 Å². The van der Waals surface area contributed by atoms with Gasteiger partial charge in [-0.25, -0.2) is 4.79 Å². The second-order valence-corrected chi connectivity index (χ2v) is 3.79. The van der Waals surface area contributed by atoms with E-state index in [0.717, 1.165) is 5.56 Å². The minimum Gasteiger partial charge on any atom is -0.479 e. The molecule has 0 aliphatic rings. The number of carbonyl (C=O) groups excluding carboxylic acids is 1. The van der Waals surface area contributed by atoms with Crippen molar-refractivity contribution in [2.45, 2.75) is 6.92 Å². The van der Waals surface area contributed by atoms with Gasteiger partial charge in [-0.2, -0.15) is 0 Å². The van der Waals surface area contributed by atoms with Crippen molar-refractivity contribution >= 4 is 23.2 Å². The molecule has 0 spiro atoms. The largest absolute Gasteiger partial charge is 0.479 e. The van der Waals surface area contributed by atoms with Crippen LogP contribution in [0.1, 0.15) is 12.5 Å². The topological polar surface area (TPSA) is 35.5 Å². The van der Waals surface area contributed by atoms with Crippen molar-refractivity contribution < 1.29 is 14.3 Å². The summed E-state index contributed by atoms with van der Waals surface area (Å²) in [6, 6.07) is 9.39. The second kappa shape index (κ2) is 6.81. The van der Waals surface area contributed by atoms with Gasteiger partial charge in [0.15, 0.2) is 5.05 Å². The molecule has 0 fully saturated rings. The normalized spacial score (nSPS) is 9.47. The van der Waals surface area contributed by atoms with E-state index in [-0.39, 0.29) is 13.2 Å². The fourth-order valence-electron chi connectivity index (χ4n) is 1.05.